The number of hydrogen-bond donors (Lipinski definition) is 1. The second kappa shape index (κ2) is 6.89. The number of pyridine rings is 1. The molecule has 5 heteroatoms. The Labute approximate surface area is 113 Å². The van der Waals surface area contributed by atoms with Crippen molar-refractivity contribution in [3.63, 3.8) is 0 Å². The second-order valence-electron chi connectivity index (χ2n) is 4.52. The van der Waals surface area contributed by atoms with Crippen LogP contribution in [0.15, 0.2) is 35.2 Å². The van der Waals surface area contributed by atoms with E-state index >= 15 is 0 Å². The topological polar surface area (TPSA) is 54.2 Å². The SMILES string of the molecule is CCCNCc1coc(N(C)Cc2cccnc2)n1. The van der Waals surface area contributed by atoms with Gasteiger partial charge < -0.3 is 14.6 Å². The summed E-state index contributed by atoms with van der Waals surface area (Å²) in [4.78, 5) is 10.5. The summed E-state index contributed by atoms with van der Waals surface area (Å²) in [7, 11) is 1.96. The summed E-state index contributed by atoms with van der Waals surface area (Å²) in [5.41, 5.74) is 2.07. The highest BCUT2D eigenvalue weighted by Crippen LogP contribution is 2.14. The number of oxazole rings is 1. The summed E-state index contributed by atoms with van der Waals surface area (Å²) in [5.74, 6) is 0. The second-order valence-corrected chi connectivity index (χ2v) is 4.52. The first-order valence-corrected chi connectivity index (χ1v) is 6.54. The van der Waals surface area contributed by atoms with E-state index in [1.54, 1.807) is 12.5 Å². The maximum Gasteiger partial charge on any atom is 0.297 e. The predicted molar refractivity (Wildman–Crippen MR) is 74.8 cm³/mol. The van der Waals surface area contributed by atoms with Crippen LogP contribution < -0.4 is 10.2 Å². The van der Waals surface area contributed by atoms with Gasteiger partial charge in [-0.2, -0.15) is 4.98 Å². The minimum atomic E-state index is 0.636. The molecule has 2 aromatic rings. The number of anilines is 1. The van der Waals surface area contributed by atoms with E-state index in [-0.39, 0.29) is 0 Å². The molecular weight excluding hydrogens is 240 g/mol. The first-order valence-electron chi connectivity index (χ1n) is 6.54. The van der Waals surface area contributed by atoms with Gasteiger partial charge in [-0.3, -0.25) is 4.98 Å². The molecule has 0 atom stereocenters. The molecule has 1 N–H and O–H groups in total. The van der Waals surface area contributed by atoms with Crippen LogP contribution in [0.5, 0.6) is 0 Å². The van der Waals surface area contributed by atoms with Crippen LogP contribution in [0.4, 0.5) is 6.01 Å². The predicted octanol–water partition coefficient (Wildman–Crippen LogP) is 2.21. The van der Waals surface area contributed by atoms with E-state index in [0.717, 1.165) is 37.3 Å². The van der Waals surface area contributed by atoms with Crippen molar-refractivity contribution in [2.75, 3.05) is 18.5 Å². The third kappa shape index (κ3) is 4.06. The van der Waals surface area contributed by atoms with E-state index < -0.39 is 0 Å². The fourth-order valence-electron chi connectivity index (χ4n) is 1.78. The fourth-order valence-corrected chi connectivity index (χ4v) is 1.78. The van der Waals surface area contributed by atoms with Gasteiger partial charge in [0.15, 0.2) is 0 Å². The average molecular weight is 260 g/mol. The normalized spacial score (nSPS) is 10.6. The summed E-state index contributed by atoms with van der Waals surface area (Å²) in [5, 5.41) is 3.30. The maximum absolute atomic E-state index is 5.48. The molecule has 0 radical (unpaired) electrons. The van der Waals surface area contributed by atoms with Gasteiger partial charge in [0.1, 0.15) is 6.26 Å². The zero-order chi connectivity index (χ0) is 13.5. The minimum Gasteiger partial charge on any atom is -0.432 e. The van der Waals surface area contributed by atoms with Crippen molar-refractivity contribution in [1.82, 2.24) is 15.3 Å². The molecule has 0 aliphatic carbocycles. The van der Waals surface area contributed by atoms with Crippen molar-refractivity contribution in [3.05, 3.63) is 42.0 Å². The van der Waals surface area contributed by atoms with Crippen molar-refractivity contribution in [2.45, 2.75) is 26.4 Å². The molecule has 0 bridgehead atoms. The van der Waals surface area contributed by atoms with Crippen molar-refractivity contribution in [3.8, 4) is 0 Å². The Morgan fingerprint density at radius 1 is 1.42 bits per heavy atom. The third-order valence-corrected chi connectivity index (χ3v) is 2.74. The third-order valence-electron chi connectivity index (χ3n) is 2.74. The monoisotopic (exact) mass is 260 g/mol. The maximum atomic E-state index is 5.48. The summed E-state index contributed by atoms with van der Waals surface area (Å²) >= 11 is 0. The van der Waals surface area contributed by atoms with Gasteiger partial charge in [-0.05, 0) is 24.6 Å². The lowest BCUT2D eigenvalue weighted by atomic mass is 10.3. The zero-order valence-corrected chi connectivity index (χ0v) is 11.5. The molecule has 0 fully saturated rings. The van der Waals surface area contributed by atoms with E-state index in [0.29, 0.717) is 6.01 Å². The molecule has 2 rings (SSSR count). The lowest BCUT2D eigenvalue weighted by Crippen LogP contribution is -2.17. The Bertz CT molecular complexity index is 483. The standard InChI is InChI=1S/C14H20N4O/c1-3-6-15-9-13-11-19-14(17-13)18(2)10-12-5-4-7-16-8-12/h4-5,7-8,11,15H,3,6,9-10H2,1-2H3. The number of hydrogen-bond acceptors (Lipinski definition) is 5. The van der Waals surface area contributed by atoms with Gasteiger partial charge in [0.2, 0.25) is 0 Å². The zero-order valence-electron chi connectivity index (χ0n) is 11.5. The fraction of sp³-hybridized carbons (Fsp3) is 0.429. The molecular formula is C14H20N4O. The van der Waals surface area contributed by atoms with Crippen molar-refractivity contribution >= 4 is 6.01 Å². The molecule has 2 aromatic heterocycles. The molecule has 0 aliphatic heterocycles. The van der Waals surface area contributed by atoms with E-state index in [2.05, 4.69) is 22.2 Å². The van der Waals surface area contributed by atoms with Crippen molar-refractivity contribution < 1.29 is 4.42 Å². The van der Waals surface area contributed by atoms with E-state index in [1.165, 1.54) is 0 Å². The van der Waals surface area contributed by atoms with Crippen LogP contribution in [-0.4, -0.2) is 23.6 Å². The molecule has 0 saturated carbocycles. The van der Waals surface area contributed by atoms with Gasteiger partial charge in [-0.25, -0.2) is 0 Å². The summed E-state index contributed by atoms with van der Waals surface area (Å²) in [6.45, 7) is 4.62. The van der Waals surface area contributed by atoms with Crippen LogP contribution in [0, 0.1) is 0 Å². The van der Waals surface area contributed by atoms with Crippen LogP contribution in [0.2, 0.25) is 0 Å². The number of rotatable bonds is 7. The lowest BCUT2D eigenvalue weighted by molar-refractivity contribution is 0.542. The van der Waals surface area contributed by atoms with Crippen LogP contribution in [0.3, 0.4) is 0 Å². The molecule has 0 amide bonds. The lowest BCUT2D eigenvalue weighted by Gasteiger charge is -2.13. The van der Waals surface area contributed by atoms with Gasteiger partial charge >= 0.3 is 0 Å². The molecule has 19 heavy (non-hydrogen) atoms. The largest absolute Gasteiger partial charge is 0.432 e. The Morgan fingerprint density at radius 3 is 3.05 bits per heavy atom. The highest BCUT2D eigenvalue weighted by molar-refractivity contribution is 5.27. The summed E-state index contributed by atoms with van der Waals surface area (Å²) < 4.78 is 5.48. The van der Waals surface area contributed by atoms with E-state index in [9.17, 15) is 0 Å². The van der Waals surface area contributed by atoms with E-state index in [4.69, 9.17) is 4.42 Å². The quantitative estimate of drug-likeness (QED) is 0.773. The van der Waals surface area contributed by atoms with Gasteiger partial charge in [0, 0.05) is 32.5 Å². The van der Waals surface area contributed by atoms with Gasteiger partial charge in [0.25, 0.3) is 6.01 Å². The Balaban J connectivity index is 1.90. The molecule has 0 saturated heterocycles. The minimum absolute atomic E-state index is 0.636. The van der Waals surface area contributed by atoms with Gasteiger partial charge in [0.05, 0.1) is 5.69 Å². The Hall–Kier alpha value is -1.88. The van der Waals surface area contributed by atoms with Gasteiger partial charge in [-0.15, -0.1) is 0 Å². The highest BCUT2D eigenvalue weighted by Gasteiger charge is 2.09. The average Bonchev–Trinajstić information content (AvgIpc) is 2.89. The molecule has 0 unspecified atom stereocenters. The summed E-state index contributed by atoms with van der Waals surface area (Å²) in [6.07, 6.45) is 6.44. The molecule has 2 heterocycles. The highest BCUT2D eigenvalue weighted by atomic mass is 16.4. The van der Waals surface area contributed by atoms with E-state index in [1.807, 2.05) is 30.3 Å². The number of nitrogens with one attached hydrogen (secondary N) is 1. The molecule has 102 valence electrons. The van der Waals surface area contributed by atoms with Crippen LogP contribution in [0.25, 0.3) is 0 Å². The van der Waals surface area contributed by atoms with Crippen molar-refractivity contribution in [1.29, 1.82) is 0 Å². The Kier molecular flexibility index (Phi) is 4.92. The number of nitrogens with zero attached hydrogens (tertiary/aromatic N) is 3. The molecule has 0 aliphatic rings. The smallest absolute Gasteiger partial charge is 0.297 e. The van der Waals surface area contributed by atoms with Crippen LogP contribution in [0.1, 0.15) is 24.6 Å². The summed E-state index contributed by atoms with van der Waals surface area (Å²) in [6, 6.07) is 4.60. The van der Waals surface area contributed by atoms with Gasteiger partial charge in [-0.1, -0.05) is 13.0 Å². The Morgan fingerprint density at radius 2 is 2.32 bits per heavy atom. The first kappa shape index (κ1) is 13.5. The van der Waals surface area contributed by atoms with Crippen LogP contribution in [-0.2, 0) is 13.1 Å². The first-order chi connectivity index (χ1) is 9.29. The molecule has 0 spiro atoms. The van der Waals surface area contributed by atoms with Crippen molar-refractivity contribution in [2.24, 2.45) is 0 Å². The molecule has 0 aromatic carbocycles. The number of aromatic nitrogens is 2. The van der Waals surface area contributed by atoms with Crippen LogP contribution >= 0.6 is 0 Å². The molecule has 5 nitrogen and oxygen atoms in total.